The van der Waals surface area contributed by atoms with Crippen molar-refractivity contribution in [3.05, 3.63) is 16.1 Å². The summed E-state index contributed by atoms with van der Waals surface area (Å²) in [6, 6.07) is 0. The molecule has 2 nitrogen and oxygen atoms in total. The summed E-state index contributed by atoms with van der Waals surface area (Å²) in [5.74, 6) is 0.725. The highest BCUT2D eigenvalue weighted by Crippen LogP contribution is 2.25. The first kappa shape index (κ1) is 11.8. The molecular weight excluding hydrogens is 218 g/mol. The van der Waals surface area contributed by atoms with Crippen LogP contribution in [-0.4, -0.2) is 10.8 Å². The second kappa shape index (κ2) is 5.58. The molecule has 0 N–H and O–H groups in total. The molecule has 2 rings (SSSR count). The molecule has 0 atom stereocenters. The first-order valence-electron chi connectivity index (χ1n) is 6.19. The summed E-state index contributed by atoms with van der Waals surface area (Å²) in [6.45, 7) is 1.98. The first-order chi connectivity index (χ1) is 7.75. The largest absolute Gasteiger partial charge is 0.299 e. The summed E-state index contributed by atoms with van der Waals surface area (Å²) in [5, 5.41) is 3.02. The van der Waals surface area contributed by atoms with Crippen LogP contribution < -0.4 is 0 Å². The topological polar surface area (TPSA) is 30.0 Å². The van der Waals surface area contributed by atoms with Crippen LogP contribution in [0, 0.1) is 12.8 Å². The summed E-state index contributed by atoms with van der Waals surface area (Å²) in [6.07, 6.45) is 7.83. The molecule has 1 aliphatic rings. The maximum absolute atomic E-state index is 12.1. The lowest BCUT2D eigenvalue weighted by Gasteiger charge is -2.11. The molecule has 0 amide bonds. The van der Waals surface area contributed by atoms with Crippen molar-refractivity contribution in [1.82, 2.24) is 4.98 Å². The number of rotatable bonds is 3. The van der Waals surface area contributed by atoms with Crippen molar-refractivity contribution in [1.29, 1.82) is 0 Å². The summed E-state index contributed by atoms with van der Waals surface area (Å²) in [4.78, 5) is 16.5. The molecule has 0 spiro atoms. The maximum Gasteiger partial charge on any atom is 0.142 e. The van der Waals surface area contributed by atoms with Crippen molar-refractivity contribution < 1.29 is 4.79 Å². The lowest BCUT2D eigenvalue weighted by Crippen LogP contribution is -2.16. The van der Waals surface area contributed by atoms with Crippen LogP contribution in [0.25, 0.3) is 0 Å². The van der Waals surface area contributed by atoms with Gasteiger partial charge >= 0.3 is 0 Å². The van der Waals surface area contributed by atoms with E-state index in [1.165, 1.54) is 25.7 Å². The molecule has 1 aliphatic carbocycles. The lowest BCUT2D eigenvalue weighted by atomic mass is 9.94. The van der Waals surface area contributed by atoms with E-state index >= 15 is 0 Å². The van der Waals surface area contributed by atoms with E-state index in [0.717, 1.165) is 23.5 Å². The average molecular weight is 237 g/mol. The number of Topliss-reactive ketones (excluding diaryl/α,β-unsaturated/α-hetero) is 1. The van der Waals surface area contributed by atoms with Gasteiger partial charge in [0.2, 0.25) is 0 Å². The highest BCUT2D eigenvalue weighted by atomic mass is 32.1. The maximum atomic E-state index is 12.1. The zero-order valence-electron chi connectivity index (χ0n) is 9.87. The van der Waals surface area contributed by atoms with Crippen LogP contribution in [0.15, 0.2) is 5.38 Å². The molecule has 1 aromatic heterocycles. The van der Waals surface area contributed by atoms with Crippen LogP contribution in [0.2, 0.25) is 0 Å². The van der Waals surface area contributed by atoms with Crippen LogP contribution in [-0.2, 0) is 11.2 Å². The van der Waals surface area contributed by atoms with E-state index in [9.17, 15) is 4.79 Å². The SMILES string of the molecule is Cc1csc(CC(=O)C2CCCCCC2)n1. The number of ketones is 1. The second-order valence-electron chi connectivity index (χ2n) is 4.71. The van der Waals surface area contributed by atoms with Gasteiger partial charge in [-0.1, -0.05) is 25.7 Å². The Bertz CT molecular complexity index is 351. The fourth-order valence-corrected chi connectivity index (χ4v) is 3.16. The smallest absolute Gasteiger partial charge is 0.142 e. The first-order valence-corrected chi connectivity index (χ1v) is 7.07. The number of hydrogen-bond donors (Lipinski definition) is 0. The Hall–Kier alpha value is -0.700. The van der Waals surface area contributed by atoms with Gasteiger partial charge in [-0.05, 0) is 19.8 Å². The number of carbonyl (C=O) groups is 1. The van der Waals surface area contributed by atoms with Gasteiger partial charge < -0.3 is 0 Å². The van der Waals surface area contributed by atoms with Crippen molar-refractivity contribution in [2.24, 2.45) is 5.92 Å². The van der Waals surface area contributed by atoms with E-state index in [4.69, 9.17) is 0 Å². The summed E-state index contributed by atoms with van der Waals surface area (Å²) < 4.78 is 0. The minimum atomic E-state index is 0.312. The zero-order valence-corrected chi connectivity index (χ0v) is 10.7. The summed E-state index contributed by atoms with van der Waals surface area (Å²) in [7, 11) is 0. The van der Waals surface area contributed by atoms with Crippen molar-refractivity contribution in [3.8, 4) is 0 Å². The van der Waals surface area contributed by atoms with E-state index in [1.54, 1.807) is 11.3 Å². The highest BCUT2D eigenvalue weighted by molar-refractivity contribution is 7.09. The number of carbonyl (C=O) groups excluding carboxylic acids is 1. The number of aromatic nitrogens is 1. The molecular formula is C13H19NOS. The monoisotopic (exact) mass is 237 g/mol. The van der Waals surface area contributed by atoms with Crippen LogP contribution in [0.3, 0.4) is 0 Å². The number of nitrogens with zero attached hydrogens (tertiary/aromatic N) is 1. The van der Waals surface area contributed by atoms with E-state index in [-0.39, 0.29) is 0 Å². The molecule has 3 heteroatoms. The minimum absolute atomic E-state index is 0.312. The Balaban J connectivity index is 1.91. The third-order valence-electron chi connectivity index (χ3n) is 3.30. The third-order valence-corrected chi connectivity index (χ3v) is 4.27. The quantitative estimate of drug-likeness (QED) is 0.753. The average Bonchev–Trinajstić information content (AvgIpc) is 2.56. The summed E-state index contributed by atoms with van der Waals surface area (Å²) >= 11 is 1.62. The normalized spacial score (nSPS) is 18.3. The highest BCUT2D eigenvalue weighted by Gasteiger charge is 2.20. The molecule has 1 saturated carbocycles. The van der Waals surface area contributed by atoms with Crippen molar-refractivity contribution in [3.63, 3.8) is 0 Å². The van der Waals surface area contributed by atoms with Gasteiger partial charge in [-0.15, -0.1) is 11.3 Å². The van der Waals surface area contributed by atoms with Gasteiger partial charge in [0.05, 0.1) is 6.42 Å². The Morgan fingerprint density at radius 3 is 2.62 bits per heavy atom. The van der Waals surface area contributed by atoms with E-state index in [1.807, 2.05) is 12.3 Å². The predicted molar refractivity (Wildman–Crippen MR) is 66.8 cm³/mol. The van der Waals surface area contributed by atoms with Gasteiger partial charge in [-0.3, -0.25) is 4.79 Å². The van der Waals surface area contributed by atoms with Crippen LogP contribution in [0.5, 0.6) is 0 Å². The Kier molecular flexibility index (Phi) is 4.10. The number of hydrogen-bond acceptors (Lipinski definition) is 3. The van der Waals surface area contributed by atoms with E-state index < -0.39 is 0 Å². The van der Waals surface area contributed by atoms with Gasteiger partial charge in [0.15, 0.2) is 0 Å². The molecule has 88 valence electrons. The van der Waals surface area contributed by atoms with Crippen LogP contribution in [0.1, 0.15) is 49.2 Å². The molecule has 0 aromatic carbocycles. The standard InChI is InChI=1S/C13H19NOS/c1-10-9-16-13(14-10)8-12(15)11-6-4-2-3-5-7-11/h9,11H,2-8H2,1H3. The van der Waals surface area contributed by atoms with Crippen LogP contribution >= 0.6 is 11.3 Å². The Labute approximate surface area is 101 Å². The van der Waals surface area contributed by atoms with Gasteiger partial charge in [-0.2, -0.15) is 0 Å². The lowest BCUT2D eigenvalue weighted by molar-refractivity contribution is -0.122. The molecule has 0 radical (unpaired) electrons. The Morgan fingerprint density at radius 1 is 1.38 bits per heavy atom. The van der Waals surface area contributed by atoms with E-state index in [0.29, 0.717) is 18.1 Å². The molecule has 16 heavy (non-hydrogen) atoms. The molecule has 0 unspecified atom stereocenters. The molecule has 0 bridgehead atoms. The van der Waals surface area contributed by atoms with Crippen molar-refractivity contribution in [2.75, 3.05) is 0 Å². The van der Waals surface area contributed by atoms with Gasteiger partial charge in [0.1, 0.15) is 10.8 Å². The molecule has 1 fully saturated rings. The molecule has 1 heterocycles. The molecule has 0 aliphatic heterocycles. The zero-order chi connectivity index (χ0) is 11.4. The third kappa shape index (κ3) is 3.14. The molecule has 0 saturated heterocycles. The van der Waals surface area contributed by atoms with Crippen LogP contribution in [0.4, 0.5) is 0 Å². The fraction of sp³-hybridized carbons (Fsp3) is 0.692. The fourth-order valence-electron chi connectivity index (χ4n) is 2.38. The van der Waals surface area contributed by atoms with Gasteiger partial charge in [0, 0.05) is 17.0 Å². The number of aryl methyl sites for hydroxylation is 1. The van der Waals surface area contributed by atoms with Crippen molar-refractivity contribution in [2.45, 2.75) is 51.9 Å². The Morgan fingerprint density at radius 2 is 2.06 bits per heavy atom. The number of thiazole rings is 1. The molecule has 1 aromatic rings. The van der Waals surface area contributed by atoms with Crippen molar-refractivity contribution >= 4 is 17.1 Å². The predicted octanol–water partition coefficient (Wildman–Crippen LogP) is 3.53. The van der Waals surface area contributed by atoms with Gasteiger partial charge in [0.25, 0.3) is 0 Å². The second-order valence-corrected chi connectivity index (χ2v) is 5.66. The van der Waals surface area contributed by atoms with E-state index in [2.05, 4.69) is 4.98 Å². The van der Waals surface area contributed by atoms with Gasteiger partial charge in [-0.25, -0.2) is 4.98 Å². The minimum Gasteiger partial charge on any atom is -0.299 e. The summed E-state index contributed by atoms with van der Waals surface area (Å²) in [5.41, 5.74) is 1.04.